The molecule has 0 aromatic heterocycles. The summed E-state index contributed by atoms with van der Waals surface area (Å²) < 4.78 is 187. The standard InChI is InChI=1S/C25H23N5O19S6/c26-23-22-18(11-21(53(39,40)41)24(23)30-28-15-3-7-17(8-4-15)51(34,35)13-49-55(45,46)47)20(52(36,37)38)12-19(25(22)31)29-27-14-1-5-16(6-2-14)50(32,33)10-9-48-54(42,43)44/h1-8,11-12,31H,9-10,13,26H2,(H,36,37,38)(H,39,40,41)(H,42,43,44)(H,45,46,47). The summed E-state index contributed by atoms with van der Waals surface area (Å²) in [5.74, 6) is -3.30. The van der Waals surface area contributed by atoms with Crippen molar-refractivity contribution in [3.05, 3.63) is 60.7 Å². The number of azo groups is 2. The molecule has 0 saturated heterocycles. The molecule has 0 spiro atoms. The minimum atomic E-state index is -5.34. The lowest BCUT2D eigenvalue weighted by Gasteiger charge is -2.14. The minimum absolute atomic E-state index is 0.116. The smallest absolute Gasteiger partial charge is 0.398 e. The first-order chi connectivity index (χ1) is 25.1. The molecule has 55 heavy (non-hydrogen) atoms. The molecule has 298 valence electrons. The van der Waals surface area contributed by atoms with Gasteiger partial charge in [-0.2, -0.15) is 43.9 Å². The molecule has 0 saturated carbocycles. The predicted octanol–water partition coefficient (Wildman–Crippen LogP) is 2.60. The van der Waals surface area contributed by atoms with Gasteiger partial charge in [-0.1, -0.05) is 0 Å². The molecule has 0 aliphatic heterocycles. The van der Waals surface area contributed by atoms with E-state index in [1.165, 1.54) is 0 Å². The minimum Gasteiger partial charge on any atom is -0.505 e. The summed E-state index contributed by atoms with van der Waals surface area (Å²) in [7, 11) is -29.2. The number of fused-ring (bicyclic) bond motifs is 1. The van der Waals surface area contributed by atoms with E-state index in [1.54, 1.807) is 0 Å². The number of sulfone groups is 2. The normalized spacial score (nSPS) is 13.6. The van der Waals surface area contributed by atoms with E-state index in [0.29, 0.717) is 12.1 Å². The second-order valence-corrected chi connectivity index (χ2v) is 19.5. The van der Waals surface area contributed by atoms with E-state index in [0.717, 1.165) is 48.5 Å². The number of phenolic OH excluding ortho intramolecular Hbond substituents is 1. The summed E-state index contributed by atoms with van der Waals surface area (Å²) in [6.07, 6.45) is 0. The summed E-state index contributed by atoms with van der Waals surface area (Å²) in [6.45, 7) is -0.905. The first-order valence-electron chi connectivity index (χ1n) is 13.9. The van der Waals surface area contributed by atoms with Gasteiger partial charge in [-0.15, -0.1) is 10.2 Å². The summed E-state index contributed by atoms with van der Waals surface area (Å²) in [5, 5.41) is 24.5. The Morgan fingerprint density at radius 2 is 1.05 bits per heavy atom. The summed E-state index contributed by atoms with van der Waals surface area (Å²) >= 11 is 0. The van der Waals surface area contributed by atoms with Crippen LogP contribution >= 0.6 is 0 Å². The average Bonchev–Trinajstić information content (AvgIpc) is 3.05. The van der Waals surface area contributed by atoms with Crippen molar-refractivity contribution >= 4 is 99.9 Å². The van der Waals surface area contributed by atoms with Gasteiger partial charge in [0, 0.05) is 5.39 Å². The molecule has 0 atom stereocenters. The first kappa shape index (κ1) is 43.1. The Balaban J connectivity index is 1.78. The van der Waals surface area contributed by atoms with Gasteiger partial charge in [0.05, 0.1) is 44.6 Å². The van der Waals surface area contributed by atoms with E-state index in [2.05, 4.69) is 28.8 Å². The zero-order chi connectivity index (χ0) is 41.4. The number of hydrogen-bond donors (Lipinski definition) is 6. The lowest BCUT2D eigenvalue weighted by molar-refractivity contribution is 0.283. The van der Waals surface area contributed by atoms with Crippen LogP contribution in [0.3, 0.4) is 0 Å². The number of benzene rings is 4. The topological polar surface area (TPSA) is 400 Å². The van der Waals surface area contributed by atoms with Crippen molar-refractivity contribution in [1.29, 1.82) is 0 Å². The molecule has 0 unspecified atom stereocenters. The van der Waals surface area contributed by atoms with Crippen LogP contribution in [0.15, 0.2) is 101 Å². The second kappa shape index (κ2) is 15.5. The number of aromatic hydroxyl groups is 1. The SMILES string of the molecule is Nc1c(N=Nc2ccc(S(=O)(=O)COS(=O)(=O)O)cc2)c(S(=O)(=O)O)cc2c(S(=O)(=O)O)cc(N=Nc3ccc(S(=O)(=O)CCOS(=O)(=O)O)cc3)c(O)c12. The summed E-state index contributed by atoms with van der Waals surface area (Å²) in [5.41, 5.74) is 3.31. The van der Waals surface area contributed by atoms with E-state index in [9.17, 15) is 64.7 Å². The van der Waals surface area contributed by atoms with Crippen LogP contribution in [-0.2, 0) is 69.1 Å². The van der Waals surface area contributed by atoms with Gasteiger partial charge in [0.2, 0.25) is 9.84 Å². The molecular formula is C25H23N5O19S6. The Hall–Kier alpha value is -4.60. The fourth-order valence-corrected chi connectivity index (χ4v) is 8.85. The highest BCUT2D eigenvalue weighted by Crippen LogP contribution is 2.48. The molecule has 0 aliphatic carbocycles. The molecule has 0 bridgehead atoms. The molecule has 0 heterocycles. The third kappa shape index (κ3) is 11.0. The van der Waals surface area contributed by atoms with E-state index >= 15 is 0 Å². The van der Waals surface area contributed by atoms with Crippen LogP contribution in [0.2, 0.25) is 0 Å². The fourth-order valence-electron chi connectivity index (χ4n) is 4.32. The lowest BCUT2D eigenvalue weighted by Crippen LogP contribution is -2.15. The zero-order valence-electron chi connectivity index (χ0n) is 26.7. The number of anilines is 1. The fraction of sp³-hybridized carbons (Fsp3) is 0.120. The molecule has 0 radical (unpaired) electrons. The van der Waals surface area contributed by atoms with Crippen LogP contribution in [0.1, 0.15) is 0 Å². The van der Waals surface area contributed by atoms with Crippen LogP contribution in [0.4, 0.5) is 28.4 Å². The number of hydrogen-bond acceptors (Lipinski definition) is 20. The molecule has 0 aliphatic rings. The first-order valence-corrected chi connectivity index (χ1v) is 22.8. The maximum atomic E-state index is 12.4. The molecule has 4 aromatic carbocycles. The molecule has 0 fully saturated rings. The van der Waals surface area contributed by atoms with Crippen molar-refractivity contribution in [3.63, 3.8) is 0 Å². The van der Waals surface area contributed by atoms with Crippen LogP contribution in [0.25, 0.3) is 10.8 Å². The number of phenols is 1. The summed E-state index contributed by atoms with van der Waals surface area (Å²) in [6, 6.07) is 8.98. The lowest BCUT2D eigenvalue weighted by atomic mass is 10.0. The third-order valence-corrected chi connectivity index (χ3v) is 12.6. The Bertz CT molecular complexity index is 2920. The maximum Gasteiger partial charge on any atom is 0.398 e. The third-order valence-electron chi connectivity index (χ3n) is 6.74. The van der Waals surface area contributed by atoms with Crippen molar-refractivity contribution in [1.82, 2.24) is 0 Å². The Kier molecular flexibility index (Phi) is 12.2. The molecule has 4 aromatic rings. The number of rotatable bonds is 15. The van der Waals surface area contributed by atoms with Gasteiger partial charge in [0.1, 0.15) is 21.2 Å². The van der Waals surface area contributed by atoms with Gasteiger partial charge < -0.3 is 10.8 Å². The number of nitrogens with two attached hydrogens (primary N) is 1. The van der Waals surface area contributed by atoms with Crippen LogP contribution in [0, 0.1) is 0 Å². The Morgan fingerprint density at radius 3 is 1.53 bits per heavy atom. The van der Waals surface area contributed by atoms with E-state index in [4.69, 9.17) is 14.8 Å². The van der Waals surface area contributed by atoms with Crippen LogP contribution < -0.4 is 5.73 Å². The molecule has 7 N–H and O–H groups in total. The molecular weight excluding hydrogens is 867 g/mol. The zero-order valence-corrected chi connectivity index (χ0v) is 31.6. The molecule has 24 nitrogen and oxygen atoms in total. The van der Waals surface area contributed by atoms with Crippen molar-refractivity contribution < 1.29 is 82.2 Å². The van der Waals surface area contributed by atoms with E-state index in [-0.39, 0.29) is 16.3 Å². The quantitative estimate of drug-likeness (QED) is 0.0567. The Morgan fingerprint density at radius 1 is 0.582 bits per heavy atom. The van der Waals surface area contributed by atoms with Crippen molar-refractivity contribution in [3.8, 4) is 5.75 Å². The van der Waals surface area contributed by atoms with Gasteiger partial charge in [-0.3, -0.25) is 18.2 Å². The van der Waals surface area contributed by atoms with Crippen LogP contribution in [-0.4, -0.2) is 92.1 Å². The van der Waals surface area contributed by atoms with Gasteiger partial charge in [0.25, 0.3) is 20.2 Å². The Labute approximate surface area is 311 Å². The van der Waals surface area contributed by atoms with Crippen molar-refractivity contribution in [2.75, 3.05) is 24.0 Å². The van der Waals surface area contributed by atoms with Crippen LogP contribution in [0.5, 0.6) is 5.75 Å². The van der Waals surface area contributed by atoms with Gasteiger partial charge >= 0.3 is 20.8 Å². The largest absolute Gasteiger partial charge is 0.505 e. The summed E-state index contributed by atoms with van der Waals surface area (Å²) in [4.78, 5) is -3.14. The van der Waals surface area contributed by atoms with E-state index < -0.39 is 127 Å². The van der Waals surface area contributed by atoms with Crippen molar-refractivity contribution in [2.24, 2.45) is 20.5 Å². The number of nitrogen functional groups attached to an aromatic ring is 1. The second-order valence-electron chi connectivity index (χ2n) is 10.5. The number of nitrogens with zero attached hydrogens (tertiary/aromatic N) is 4. The highest BCUT2D eigenvalue weighted by Gasteiger charge is 2.28. The highest BCUT2D eigenvalue weighted by atomic mass is 32.3. The van der Waals surface area contributed by atoms with Gasteiger partial charge in [0.15, 0.2) is 21.5 Å². The van der Waals surface area contributed by atoms with Gasteiger partial charge in [-0.05, 0) is 60.7 Å². The molecule has 4 rings (SSSR count). The highest BCUT2D eigenvalue weighted by molar-refractivity contribution is 7.92. The van der Waals surface area contributed by atoms with E-state index in [1.807, 2.05) is 0 Å². The maximum absolute atomic E-state index is 12.4. The van der Waals surface area contributed by atoms with Gasteiger partial charge in [-0.25, -0.2) is 25.2 Å². The predicted molar refractivity (Wildman–Crippen MR) is 185 cm³/mol. The molecule has 0 amide bonds. The van der Waals surface area contributed by atoms with Crippen molar-refractivity contribution in [2.45, 2.75) is 19.6 Å². The monoisotopic (exact) mass is 889 g/mol. The average molecular weight is 890 g/mol. The molecule has 30 heteroatoms.